The molecule has 4 aromatic rings. The number of benzene rings is 3. The van der Waals surface area contributed by atoms with Crippen LogP contribution in [-0.4, -0.2) is 46.4 Å². The summed E-state index contributed by atoms with van der Waals surface area (Å²) in [6, 6.07) is 17.1. The summed E-state index contributed by atoms with van der Waals surface area (Å²) in [4.78, 5) is 14.7. The average molecular weight is 419 g/mol. The number of halogens is 1. The molecule has 0 bridgehead atoms. The van der Waals surface area contributed by atoms with Crippen LogP contribution in [-0.2, 0) is 6.54 Å². The molecule has 0 unspecified atom stereocenters. The van der Waals surface area contributed by atoms with E-state index in [0.717, 1.165) is 16.5 Å². The van der Waals surface area contributed by atoms with Crippen molar-refractivity contribution in [1.82, 2.24) is 15.1 Å². The third-order valence-corrected chi connectivity index (χ3v) is 5.03. The number of para-hydroxylation sites is 1. The van der Waals surface area contributed by atoms with Gasteiger partial charge in [-0.2, -0.15) is 5.10 Å². The van der Waals surface area contributed by atoms with Crippen molar-refractivity contribution in [2.75, 3.05) is 20.3 Å². The first kappa shape index (κ1) is 20.6. The Hall–Kier alpha value is -3.71. The van der Waals surface area contributed by atoms with Crippen LogP contribution in [0.3, 0.4) is 0 Å². The highest BCUT2D eigenvalue weighted by atomic mass is 19.1. The topological polar surface area (TPSA) is 78.5 Å². The van der Waals surface area contributed by atoms with Crippen molar-refractivity contribution in [2.24, 2.45) is 0 Å². The smallest absolute Gasteiger partial charge is 0.254 e. The van der Waals surface area contributed by atoms with E-state index in [-0.39, 0.29) is 24.9 Å². The minimum atomic E-state index is -0.363. The predicted molar refractivity (Wildman–Crippen MR) is 116 cm³/mol. The Morgan fingerprint density at radius 3 is 2.81 bits per heavy atom. The molecule has 0 aliphatic rings. The lowest BCUT2D eigenvalue weighted by atomic mass is 10.0. The Labute approximate surface area is 178 Å². The number of aliphatic hydroxyl groups is 1. The van der Waals surface area contributed by atoms with Crippen LogP contribution in [0.4, 0.5) is 4.39 Å². The third-order valence-electron chi connectivity index (χ3n) is 5.03. The molecule has 0 atom stereocenters. The van der Waals surface area contributed by atoms with Crippen LogP contribution in [0.25, 0.3) is 22.0 Å². The fourth-order valence-corrected chi connectivity index (χ4v) is 3.53. The van der Waals surface area contributed by atoms with Gasteiger partial charge < -0.3 is 14.7 Å². The zero-order chi connectivity index (χ0) is 21.8. The van der Waals surface area contributed by atoms with E-state index in [4.69, 9.17) is 9.84 Å². The monoisotopic (exact) mass is 419 g/mol. The van der Waals surface area contributed by atoms with Crippen LogP contribution >= 0.6 is 0 Å². The van der Waals surface area contributed by atoms with Crippen LogP contribution in [0, 0.1) is 5.82 Å². The summed E-state index contributed by atoms with van der Waals surface area (Å²) in [5.41, 5.74) is 3.57. The van der Waals surface area contributed by atoms with Gasteiger partial charge in [0.15, 0.2) is 0 Å². The largest absolute Gasteiger partial charge is 0.491 e. The predicted octanol–water partition coefficient (Wildman–Crippen LogP) is 4.01. The highest BCUT2D eigenvalue weighted by Gasteiger charge is 2.17. The molecule has 0 aliphatic heterocycles. The first-order chi connectivity index (χ1) is 15.1. The van der Waals surface area contributed by atoms with Crippen LogP contribution in [0.5, 0.6) is 5.75 Å². The number of aromatic nitrogens is 2. The maximum absolute atomic E-state index is 13.7. The molecule has 0 spiro atoms. The number of ether oxygens (including phenoxy) is 1. The van der Waals surface area contributed by atoms with Crippen LogP contribution in [0.1, 0.15) is 15.9 Å². The quantitative estimate of drug-likeness (QED) is 0.474. The molecule has 0 radical (unpaired) electrons. The third kappa shape index (κ3) is 4.41. The van der Waals surface area contributed by atoms with Gasteiger partial charge >= 0.3 is 0 Å². The highest BCUT2D eigenvalue weighted by Crippen LogP contribution is 2.32. The number of amides is 1. The minimum absolute atomic E-state index is 0.0671. The van der Waals surface area contributed by atoms with Gasteiger partial charge in [-0.15, -0.1) is 0 Å². The lowest BCUT2D eigenvalue weighted by molar-refractivity contribution is 0.0785. The van der Waals surface area contributed by atoms with Gasteiger partial charge in [-0.25, -0.2) is 4.39 Å². The summed E-state index contributed by atoms with van der Waals surface area (Å²) in [6.45, 7) is 0.295. The van der Waals surface area contributed by atoms with E-state index in [1.807, 2.05) is 18.2 Å². The zero-order valence-corrected chi connectivity index (χ0v) is 17.0. The Bertz CT molecular complexity index is 1220. The summed E-state index contributed by atoms with van der Waals surface area (Å²) < 4.78 is 19.4. The standard InChI is InChI=1S/C24H22FN3O3/c1-28(15-19-6-2-5-18-14-26-27-23(18)19)24(30)17-8-9-21(22(13-17)31-11-10-29)16-4-3-7-20(25)12-16/h2-9,12-14,29H,10-11,15H2,1H3,(H,26,27). The first-order valence-electron chi connectivity index (χ1n) is 9.87. The van der Waals surface area contributed by atoms with Crippen molar-refractivity contribution >= 4 is 16.8 Å². The normalized spacial score (nSPS) is 10.9. The second-order valence-corrected chi connectivity index (χ2v) is 7.21. The second kappa shape index (κ2) is 8.97. The molecule has 0 aliphatic carbocycles. The Balaban J connectivity index is 1.62. The molecule has 3 aromatic carbocycles. The van der Waals surface area contributed by atoms with Gasteiger partial charge in [-0.1, -0.05) is 30.3 Å². The molecule has 1 amide bonds. The number of carbonyl (C=O) groups is 1. The number of rotatable bonds is 7. The zero-order valence-electron chi connectivity index (χ0n) is 17.0. The molecule has 7 heteroatoms. The first-order valence-corrected chi connectivity index (χ1v) is 9.87. The van der Waals surface area contributed by atoms with E-state index < -0.39 is 0 Å². The summed E-state index contributed by atoms with van der Waals surface area (Å²) in [5, 5.41) is 17.2. The second-order valence-electron chi connectivity index (χ2n) is 7.21. The summed E-state index contributed by atoms with van der Waals surface area (Å²) in [7, 11) is 1.73. The Kier molecular flexibility index (Phi) is 5.95. The van der Waals surface area contributed by atoms with Crippen molar-refractivity contribution in [2.45, 2.75) is 6.54 Å². The molecule has 0 fully saturated rings. The lowest BCUT2D eigenvalue weighted by Crippen LogP contribution is -2.26. The lowest BCUT2D eigenvalue weighted by Gasteiger charge is -2.19. The molecule has 6 nitrogen and oxygen atoms in total. The summed E-state index contributed by atoms with van der Waals surface area (Å²) in [5.74, 6) is -0.135. The minimum Gasteiger partial charge on any atom is -0.491 e. The van der Waals surface area contributed by atoms with Crippen molar-refractivity contribution < 1.29 is 19.0 Å². The van der Waals surface area contributed by atoms with Crippen LogP contribution in [0.15, 0.2) is 66.9 Å². The number of carbonyl (C=O) groups excluding carboxylic acids is 1. The SMILES string of the molecule is CN(Cc1cccc2cn[nH]c12)C(=O)c1ccc(-c2cccc(F)c2)c(OCCO)c1. The molecule has 1 aromatic heterocycles. The van der Waals surface area contributed by atoms with Crippen molar-refractivity contribution in [1.29, 1.82) is 0 Å². The number of fused-ring (bicyclic) bond motifs is 1. The van der Waals surface area contributed by atoms with Gasteiger partial charge in [0.2, 0.25) is 0 Å². The maximum Gasteiger partial charge on any atom is 0.254 e. The number of hydrogen-bond acceptors (Lipinski definition) is 4. The molecular formula is C24H22FN3O3. The number of aliphatic hydroxyl groups excluding tert-OH is 1. The number of hydrogen-bond donors (Lipinski definition) is 2. The number of H-pyrrole nitrogens is 1. The maximum atomic E-state index is 13.7. The van der Waals surface area contributed by atoms with Gasteiger partial charge in [0.05, 0.1) is 18.3 Å². The van der Waals surface area contributed by atoms with Gasteiger partial charge in [0, 0.05) is 30.1 Å². The molecule has 1 heterocycles. The molecule has 4 rings (SSSR count). The fraction of sp³-hybridized carbons (Fsp3) is 0.167. The van der Waals surface area contributed by atoms with E-state index >= 15 is 0 Å². The van der Waals surface area contributed by atoms with Gasteiger partial charge in [0.25, 0.3) is 5.91 Å². The Morgan fingerprint density at radius 1 is 1.16 bits per heavy atom. The van der Waals surface area contributed by atoms with E-state index in [1.165, 1.54) is 12.1 Å². The highest BCUT2D eigenvalue weighted by molar-refractivity contribution is 5.95. The average Bonchev–Trinajstić information content (AvgIpc) is 3.27. The molecule has 158 valence electrons. The van der Waals surface area contributed by atoms with Gasteiger partial charge in [-0.05, 0) is 41.5 Å². The number of aromatic amines is 1. The van der Waals surface area contributed by atoms with Crippen molar-refractivity contribution in [3.63, 3.8) is 0 Å². The van der Waals surface area contributed by atoms with E-state index in [9.17, 15) is 9.18 Å². The molecule has 31 heavy (non-hydrogen) atoms. The molecule has 2 N–H and O–H groups in total. The van der Waals surface area contributed by atoms with E-state index in [0.29, 0.717) is 29.0 Å². The molecule has 0 saturated carbocycles. The summed E-state index contributed by atoms with van der Waals surface area (Å²) >= 11 is 0. The van der Waals surface area contributed by atoms with Gasteiger partial charge in [0.1, 0.15) is 18.2 Å². The molecular weight excluding hydrogens is 397 g/mol. The Morgan fingerprint density at radius 2 is 2.00 bits per heavy atom. The van der Waals surface area contributed by atoms with Gasteiger partial charge in [-0.3, -0.25) is 9.89 Å². The van der Waals surface area contributed by atoms with Crippen molar-refractivity contribution in [3.05, 3.63) is 83.8 Å². The molecule has 0 saturated heterocycles. The fourth-order valence-electron chi connectivity index (χ4n) is 3.53. The van der Waals surface area contributed by atoms with E-state index in [1.54, 1.807) is 48.5 Å². The van der Waals surface area contributed by atoms with Crippen molar-refractivity contribution in [3.8, 4) is 16.9 Å². The number of nitrogens with zero attached hydrogens (tertiary/aromatic N) is 2. The van der Waals surface area contributed by atoms with Crippen LogP contribution < -0.4 is 4.74 Å². The summed E-state index contributed by atoms with van der Waals surface area (Å²) in [6.07, 6.45) is 1.75. The van der Waals surface area contributed by atoms with Crippen LogP contribution in [0.2, 0.25) is 0 Å². The van der Waals surface area contributed by atoms with E-state index in [2.05, 4.69) is 10.2 Å². The number of nitrogens with one attached hydrogen (secondary N) is 1.